The summed E-state index contributed by atoms with van der Waals surface area (Å²) in [6.07, 6.45) is 26.4. The van der Waals surface area contributed by atoms with Crippen LogP contribution in [-0.4, -0.2) is 37.3 Å². The molecule has 0 bridgehead atoms. The van der Waals surface area contributed by atoms with Crippen molar-refractivity contribution < 1.29 is 9.90 Å². The van der Waals surface area contributed by atoms with Gasteiger partial charge in [-0.25, -0.2) is 0 Å². The molecular weight excluding hydrogens is 420 g/mol. The molecule has 0 radical (unpaired) electrons. The summed E-state index contributed by atoms with van der Waals surface area (Å²) in [5.41, 5.74) is 5.45. The molecule has 0 saturated carbocycles. The third-order valence-electron chi connectivity index (χ3n) is 5.73. The van der Waals surface area contributed by atoms with Gasteiger partial charge in [-0.05, 0) is 44.5 Å². The molecule has 4 heteroatoms. The van der Waals surface area contributed by atoms with Crippen LogP contribution in [-0.2, 0) is 4.79 Å². The minimum Gasteiger partial charge on any atom is -0.481 e. The highest BCUT2D eigenvalue weighted by atomic mass is 16.4. The van der Waals surface area contributed by atoms with E-state index in [9.17, 15) is 4.79 Å². The summed E-state index contributed by atoms with van der Waals surface area (Å²) < 4.78 is 0. The predicted octanol–water partition coefficient (Wildman–Crippen LogP) is 7.96. The number of carboxylic acids is 1. The molecule has 0 aromatic carbocycles. The van der Waals surface area contributed by atoms with Gasteiger partial charge in [-0.1, -0.05) is 110 Å². The summed E-state index contributed by atoms with van der Waals surface area (Å²) in [5.74, 6) is -0.653. The lowest BCUT2D eigenvalue weighted by Crippen LogP contribution is -2.18. The van der Waals surface area contributed by atoms with Crippen molar-refractivity contribution in [1.82, 2.24) is 10.6 Å². The van der Waals surface area contributed by atoms with Crippen molar-refractivity contribution >= 4 is 5.97 Å². The smallest absolute Gasteiger partial charge is 0.303 e. The van der Waals surface area contributed by atoms with Gasteiger partial charge in [-0.3, -0.25) is 4.79 Å². The molecule has 0 aromatic rings. The fraction of sp³-hybridized carbons (Fsp3) is 0.767. The van der Waals surface area contributed by atoms with Gasteiger partial charge in [0.1, 0.15) is 0 Å². The first kappa shape index (κ1) is 34.6. The first-order valence-corrected chi connectivity index (χ1v) is 14.0. The van der Waals surface area contributed by atoms with Crippen molar-refractivity contribution in [3.8, 4) is 0 Å². The van der Waals surface area contributed by atoms with Gasteiger partial charge in [0.25, 0.3) is 0 Å². The highest BCUT2D eigenvalue weighted by molar-refractivity contribution is 5.66. The zero-order chi connectivity index (χ0) is 25.4. The van der Waals surface area contributed by atoms with Crippen LogP contribution >= 0.6 is 0 Å². The largest absolute Gasteiger partial charge is 0.481 e. The van der Waals surface area contributed by atoms with Crippen LogP contribution < -0.4 is 10.6 Å². The van der Waals surface area contributed by atoms with Crippen molar-refractivity contribution in [2.75, 3.05) is 26.2 Å². The maximum absolute atomic E-state index is 10.3. The summed E-state index contributed by atoms with van der Waals surface area (Å²) in [6, 6.07) is 0. The van der Waals surface area contributed by atoms with Crippen molar-refractivity contribution in [1.29, 1.82) is 0 Å². The molecule has 4 nitrogen and oxygen atoms in total. The molecule has 0 aliphatic heterocycles. The molecule has 34 heavy (non-hydrogen) atoms. The standard InChI is InChI=1S/C18H36O2.C12H20N2/c1-2-3-4-5-6-7-8-9-10-11-12-13-14-15-16-17-18(19)20;1-3-5-9-13-11-7-8-12-14-10-6-4-2/h2-17H2,1H3,(H,19,20);5-6,13-14H,1-2,7-12H2. The molecular formula is C30H56N2O2. The minimum atomic E-state index is -0.653. The van der Waals surface area contributed by atoms with Gasteiger partial charge >= 0.3 is 5.97 Å². The van der Waals surface area contributed by atoms with Gasteiger partial charge in [0.2, 0.25) is 0 Å². The molecule has 0 aliphatic carbocycles. The van der Waals surface area contributed by atoms with Crippen LogP contribution in [0.2, 0.25) is 0 Å². The van der Waals surface area contributed by atoms with E-state index in [1.807, 2.05) is 12.2 Å². The van der Waals surface area contributed by atoms with Crippen LogP contribution in [0.3, 0.4) is 0 Å². The Morgan fingerprint density at radius 2 is 1.00 bits per heavy atom. The number of carboxylic acid groups (broad SMARTS) is 1. The number of aliphatic carboxylic acids is 1. The van der Waals surface area contributed by atoms with E-state index < -0.39 is 5.97 Å². The van der Waals surface area contributed by atoms with E-state index >= 15 is 0 Å². The Labute approximate surface area is 212 Å². The summed E-state index contributed by atoms with van der Waals surface area (Å²) in [6.45, 7) is 13.1. The Balaban J connectivity index is 0. The number of carbonyl (C=O) groups is 1. The molecule has 3 N–H and O–H groups in total. The van der Waals surface area contributed by atoms with Crippen molar-refractivity contribution in [3.05, 3.63) is 36.8 Å². The summed E-state index contributed by atoms with van der Waals surface area (Å²) >= 11 is 0. The monoisotopic (exact) mass is 476 g/mol. The maximum atomic E-state index is 10.3. The first-order chi connectivity index (χ1) is 16.7. The van der Waals surface area contributed by atoms with E-state index in [0.29, 0.717) is 6.42 Å². The van der Waals surface area contributed by atoms with Gasteiger partial charge < -0.3 is 15.7 Å². The fourth-order valence-corrected chi connectivity index (χ4v) is 3.64. The maximum Gasteiger partial charge on any atom is 0.303 e. The summed E-state index contributed by atoms with van der Waals surface area (Å²) in [4.78, 5) is 10.3. The molecule has 0 rings (SSSR count). The zero-order valence-corrected chi connectivity index (χ0v) is 22.5. The van der Waals surface area contributed by atoms with E-state index in [2.05, 4.69) is 42.2 Å². The van der Waals surface area contributed by atoms with Crippen LogP contribution in [0.4, 0.5) is 0 Å². The van der Waals surface area contributed by atoms with E-state index in [1.54, 1.807) is 0 Å². The summed E-state index contributed by atoms with van der Waals surface area (Å²) in [5, 5.41) is 15.1. The number of unbranched alkanes of at least 4 members (excludes halogenated alkanes) is 15. The van der Waals surface area contributed by atoms with E-state index in [1.165, 1.54) is 96.3 Å². The van der Waals surface area contributed by atoms with E-state index in [0.717, 1.165) is 39.0 Å². The highest BCUT2D eigenvalue weighted by Crippen LogP contribution is 2.13. The van der Waals surface area contributed by atoms with Gasteiger partial charge in [-0.2, -0.15) is 0 Å². The lowest BCUT2D eigenvalue weighted by Gasteiger charge is -2.03. The SMILES string of the molecule is C=C=CCNCCCCNCC=C=C.CCCCCCCCCCCCCCCCCC(=O)O. The van der Waals surface area contributed by atoms with Gasteiger partial charge in [0.15, 0.2) is 0 Å². The van der Waals surface area contributed by atoms with Gasteiger partial charge in [0.05, 0.1) is 0 Å². The Kier molecular flexibility index (Phi) is 34.2. The molecule has 0 spiro atoms. The number of hydrogen-bond acceptors (Lipinski definition) is 3. The lowest BCUT2D eigenvalue weighted by molar-refractivity contribution is -0.137. The molecule has 0 amide bonds. The molecule has 0 fully saturated rings. The highest BCUT2D eigenvalue weighted by Gasteiger charge is 1.97. The Morgan fingerprint density at radius 3 is 1.32 bits per heavy atom. The van der Waals surface area contributed by atoms with Crippen LogP contribution in [0.15, 0.2) is 36.8 Å². The number of hydrogen-bond donors (Lipinski definition) is 3. The van der Waals surface area contributed by atoms with E-state index in [4.69, 9.17) is 5.11 Å². The molecule has 0 aromatic heterocycles. The molecule has 0 atom stereocenters. The molecule has 0 heterocycles. The molecule has 198 valence electrons. The van der Waals surface area contributed by atoms with Crippen LogP contribution in [0.1, 0.15) is 122 Å². The quantitative estimate of drug-likeness (QED) is 0.0923. The third-order valence-corrected chi connectivity index (χ3v) is 5.73. The summed E-state index contributed by atoms with van der Waals surface area (Å²) in [7, 11) is 0. The number of nitrogens with one attached hydrogen (secondary N) is 2. The zero-order valence-electron chi connectivity index (χ0n) is 22.5. The topological polar surface area (TPSA) is 61.4 Å². The predicted molar refractivity (Wildman–Crippen MR) is 150 cm³/mol. The Hall–Kier alpha value is -1.57. The van der Waals surface area contributed by atoms with Gasteiger partial charge in [0, 0.05) is 19.5 Å². The average molecular weight is 477 g/mol. The lowest BCUT2D eigenvalue weighted by atomic mass is 10.0. The van der Waals surface area contributed by atoms with Crippen molar-refractivity contribution in [3.63, 3.8) is 0 Å². The van der Waals surface area contributed by atoms with Crippen LogP contribution in [0.25, 0.3) is 0 Å². The molecule has 0 unspecified atom stereocenters. The second-order valence-electron chi connectivity index (χ2n) is 9.03. The second-order valence-corrected chi connectivity index (χ2v) is 9.03. The molecule has 0 saturated heterocycles. The Bertz CT molecular complexity index is 482. The second kappa shape index (κ2) is 33.6. The minimum absolute atomic E-state index is 0.345. The van der Waals surface area contributed by atoms with Crippen LogP contribution in [0.5, 0.6) is 0 Å². The normalized spacial score (nSPS) is 10.0. The van der Waals surface area contributed by atoms with Crippen molar-refractivity contribution in [2.24, 2.45) is 0 Å². The number of rotatable bonds is 25. The fourth-order valence-electron chi connectivity index (χ4n) is 3.64. The van der Waals surface area contributed by atoms with Crippen molar-refractivity contribution in [2.45, 2.75) is 122 Å². The van der Waals surface area contributed by atoms with Gasteiger partial charge in [-0.15, -0.1) is 11.5 Å². The van der Waals surface area contributed by atoms with E-state index in [-0.39, 0.29) is 0 Å². The average Bonchev–Trinajstić information content (AvgIpc) is 2.83. The third kappa shape index (κ3) is 37.7. The van der Waals surface area contributed by atoms with Crippen LogP contribution in [0, 0.1) is 0 Å². The Morgan fingerprint density at radius 1 is 0.647 bits per heavy atom. The first-order valence-electron chi connectivity index (χ1n) is 14.0. The molecule has 0 aliphatic rings.